The average Bonchev–Trinajstić information content (AvgIpc) is 1.97. The zero-order chi connectivity index (χ0) is 7.66. The van der Waals surface area contributed by atoms with Gasteiger partial charge in [-0.05, 0) is 5.04 Å². The first-order valence-electron chi connectivity index (χ1n) is 2.63. The first-order chi connectivity index (χ1) is 4.91. The third kappa shape index (κ3) is 7.38. The molecule has 10 heavy (non-hydrogen) atoms. The highest BCUT2D eigenvalue weighted by Crippen LogP contribution is 1.83. The lowest BCUT2D eigenvalue weighted by molar-refractivity contribution is -0.621. The molecule has 0 aliphatic heterocycles. The largest absolute Gasteiger partial charge is 0.382 e. The van der Waals surface area contributed by atoms with Gasteiger partial charge in [0.2, 0.25) is 0 Å². The van der Waals surface area contributed by atoms with Crippen molar-refractivity contribution in [1.82, 2.24) is 0 Å². The minimum absolute atomic E-state index is 0.275. The molecule has 0 aromatic heterocycles. The highest BCUT2D eigenvalue weighted by Gasteiger charge is 1.86. The van der Waals surface area contributed by atoms with Crippen molar-refractivity contribution in [3.8, 4) is 0 Å². The van der Waals surface area contributed by atoms with Crippen molar-refractivity contribution in [2.24, 2.45) is 0 Å². The van der Waals surface area contributed by atoms with Crippen molar-refractivity contribution >= 4 is 0 Å². The lowest BCUT2D eigenvalue weighted by Gasteiger charge is -1.98. The number of hydrogen-bond donors (Lipinski definition) is 0. The summed E-state index contributed by atoms with van der Waals surface area (Å²) in [6.45, 7) is 3.89. The van der Waals surface area contributed by atoms with Gasteiger partial charge >= 0.3 is 0 Å². The van der Waals surface area contributed by atoms with Gasteiger partial charge in [-0.15, -0.1) is 0 Å². The van der Waals surface area contributed by atoms with Crippen LogP contribution < -0.4 is 0 Å². The van der Waals surface area contributed by atoms with Crippen molar-refractivity contribution in [2.45, 2.75) is 0 Å². The van der Waals surface area contributed by atoms with E-state index in [9.17, 15) is 0 Å². The van der Waals surface area contributed by atoms with Gasteiger partial charge in [-0.3, -0.25) is 0 Å². The molecule has 0 unspecified atom stereocenters. The molecule has 0 aromatic carbocycles. The molecule has 0 spiro atoms. The second-order valence-electron chi connectivity index (χ2n) is 1.21. The van der Waals surface area contributed by atoms with Gasteiger partial charge in [0.25, 0.3) is 0 Å². The molecule has 0 rings (SSSR count). The molecule has 0 bridgehead atoms. The van der Waals surface area contributed by atoms with Crippen LogP contribution in [0.15, 0.2) is 12.8 Å². The van der Waals surface area contributed by atoms with Gasteiger partial charge in [0.05, 0.1) is 6.61 Å². The lowest BCUT2D eigenvalue weighted by atomic mass is 10.8. The van der Waals surface area contributed by atoms with Crippen LogP contribution in [0.1, 0.15) is 0 Å². The van der Waals surface area contributed by atoms with E-state index in [1.54, 1.807) is 7.11 Å². The molecule has 0 saturated carbocycles. The van der Waals surface area contributed by atoms with Gasteiger partial charge < -0.3 is 9.62 Å². The Hall–Kier alpha value is -0.620. The van der Waals surface area contributed by atoms with E-state index in [0.29, 0.717) is 6.61 Å². The molecule has 5 nitrogen and oxygen atoms in total. The molecule has 0 radical (unpaired) electrons. The lowest BCUT2D eigenvalue weighted by Crippen LogP contribution is -2.02. The minimum atomic E-state index is 0.275. The summed E-state index contributed by atoms with van der Waals surface area (Å²) in [5.41, 5.74) is 0. The van der Waals surface area contributed by atoms with Crippen molar-refractivity contribution in [2.75, 3.05) is 20.3 Å². The Morgan fingerprint density at radius 2 is 2.10 bits per heavy atom. The Labute approximate surface area is 58.9 Å². The van der Waals surface area contributed by atoms with E-state index < -0.39 is 0 Å². The Balaban J connectivity index is 2.70. The second kappa shape index (κ2) is 8.38. The van der Waals surface area contributed by atoms with Crippen molar-refractivity contribution in [3.63, 3.8) is 0 Å². The van der Waals surface area contributed by atoms with Crippen LogP contribution in [0.2, 0.25) is 0 Å². The van der Waals surface area contributed by atoms with Crippen LogP contribution in [0.5, 0.6) is 0 Å². The summed E-state index contributed by atoms with van der Waals surface area (Å²) in [4.78, 5) is 8.45. The molecule has 0 N–H and O–H groups in total. The third-order valence-electron chi connectivity index (χ3n) is 0.554. The maximum Gasteiger partial charge on any atom is 0.125 e. The molecule has 60 valence electrons. The normalized spacial score (nSPS) is 9.30. The fourth-order valence-corrected chi connectivity index (χ4v) is 0.215. The molecular formula is C5H10O5. The fourth-order valence-electron chi connectivity index (χ4n) is 0.215. The Bertz CT molecular complexity index is 74.4. The van der Waals surface area contributed by atoms with Crippen molar-refractivity contribution < 1.29 is 24.6 Å². The van der Waals surface area contributed by atoms with Gasteiger partial charge in [0, 0.05) is 12.1 Å². The van der Waals surface area contributed by atoms with E-state index in [0.717, 1.165) is 6.26 Å². The fraction of sp³-hybridized carbons (Fsp3) is 0.600. The van der Waals surface area contributed by atoms with E-state index in [2.05, 4.69) is 31.2 Å². The summed E-state index contributed by atoms with van der Waals surface area (Å²) in [7, 11) is 1.55. The number of ether oxygens (including phenoxy) is 1. The summed E-state index contributed by atoms with van der Waals surface area (Å²) < 4.78 is 4.63. The van der Waals surface area contributed by atoms with E-state index in [1.807, 2.05) is 0 Å². The third-order valence-corrected chi connectivity index (χ3v) is 0.554. The highest BCUT2D eigenvalue weighted by molar-refractivity contribution is 4.41. The van der Waals surface area contributed by atoms with Crippen molar-refractivity contribution in [3.05, 3.63) is 12.8 Å². The number of rotatable bonds is 7. The highest BCUT2D eigenvalue weighted by atomic mass is 17.7. The molecule has 0 amide bonds. The topological polar surface area (TPSA) is 46.2 Å². The van der Waals surface area contributed by atoms with Crippen LogP contribution in [0, 0.1) is 0 Å². The summed E-state index contributed by atoms with van der Waals surface area (Å²) >= 11 is 0. The standard InChI is InChI=1S/C5H10O5/c1-3-7-9-10-8-5-4-6-2/h3H,1,4-5H2,2H3. The Morgan fingerprint density at radius 3 is 2.70 bits per heavy atom. The summed E-state index contributed by atoms with van der Waals surface area (Å²) in [5, 5.41) is 7.94. The molecule has 5 heteroatoms. The molecule has 0 aliphatic rings. The predicted molar refractivity (Wildman–Crippen MR) is 31.3 cm³/mol. The predicted octanol–water partition coefficient (Wildman–Crippen LogP) is 0.588. The minimum Gasteiger partial charge on any atom is -0.382 e. The van der Waals surface area contributed by atoms with E-state index >= 15 is 0 Å². The second-order valence-corrected chi connectivity index (χ2v) is 1.21. The van der Waals surface area contributed by atoms with Gasteiger partial charge in [-0.2, -0.15) is 0 Å². The van der Waals surface area contributed by atoms with Crippen molar-refractivity contribution in [1.29, 1.82) is 0 Å². The van der Waals surface area contributed by atoms with Crippen LogP contribution >= 0.6 is 0 Å². The maximum absolute atomic E-state index is 4.63. The first-order valence-corrected chi connectivity index (χ1v) is 2.63. The monoisotopic (exact) mass is 150 g/mol. The molecule has 0 heterocycles. The maximum atomic E-state index is 4.63. The number of methoxy groups -OCH3 is 1. The molecule has 0 aliphatic carbocycles. The van der Waals surface area contributed by atoms with Crippen LogP contribution in [0.25, 0.3) is 0 Å². The molecule has 0 saturated heterocycles. The first kappa shape index (κ1) is 9.38. The quantitative estimate of drug-likeness (QED) is 0.230. The molecular weight excluding hydrogens is 140 g/mol. The van der Waals surface area contributed by atoms with E-state index in [4.69, 9.17) is 0 Å². The summed E-state index contributed by atoms with van der Waals surface area (Å²) in [6.07, 6.45) is 1.06. The zero-order valence-electron chi connectivity index (χ0n) is 5.74. The van der Waals surface area contributed by atoms with Gasteiger partial charge in [-0.1, -0.05) is 6.58 Å². The van der Waals surface area contributed by atoms with Crippen LogP contribution in [0.4, 0.5) is 0 Å². The summed E-state index contributed by atoms with van der Waals surface area (Å²) in [6, 6.07) is 0. The average molecular weight is 150 g/mol. The van der Waals surface area contributed by atoms with E-state index in [-0.39, 0.29) is 6.61 Å². The van der Waals surface area contributed by atoms with Gasteiger partial charge in [-0.25, -0.2) is 4.89 Å². The van der Waals surface area contributed by atoms with Crippen LogP contribution in [-0.2, 0) is 24.6 Å². The Morgan fingerprint density at radius 1 is 1.30 bits per heavy atom. The molecule has 0 fully saturated rings. The van der Waals surface area contributed by atoms with Gasteiger partial charge in [0.15, 0.2) is 0 Å². The van der Waals surface area contributed by atoms with Crippen LogP contribution in [0.3, 0.4) is 0 Å². The Kier molecular flexibility index (Phi) is 7.86. The molecule has 0 aromatic rings. The van der Waals surface area contributed by atoms with Crippen LogP contribution in [-0.4, -0.2) is 20.3 Å². The SMILES string of the molecule is C=COOOOCCOC. The smallest absolute Gasteiger partial charge is 0.125 e. The zero-order valence-corrected chi connectivity index (χ0v) is 5.74. The van der Waals surface area contributed by atoms with Gasteiger partial charge in [0.1, 0.15) is 12.9 Å². The molecule has 0 atom stereocenters. The number of hydrogen-bond acceptors (Lipinski definition) is 5. The van der Waals surface area contributed by atoms with E-state index in [1.165, 1.54) is 0 Å². The summed E-state index contributed by atoms with van der Waals surface area (Å²) in [5.74, 6) is 0.